The van der Waals surface area contributed by atoms with Gasteiger partial charge in [-0.25, -0.2) is 0 Å². The fraction of sp³-hybridized carbons (Fsp3) is 0.892. The number of carboxylic acid groups (broad SMARTS) is 1. The fourth-order valence-electron chi connectivity index (χ4n) is 5.54. The van der Waals surface area contributed by atoms with Gasteiger partial charge < -0.3 is 9.84 Å². The van der Waals surface area contributed by atoms with Crippen molar-refractivity contribution in [2.24, 2.45) is 0 Å². The zero-order valence-electron chi connectivity index (χ0n) is 27.6. The van der Waals surface area contributed by atoms with E-state index in [0.29, 0.717) is 19.3 Å². The molecule has 0 spiro atoms. The van der Waals surface area contributed by atoms with E-state index >= 15 is 0 Å². The van der Waals surface area contributed by atoms with Crippen LogP contribution in [0.4, 0.5) is 0 Å². The third-order valence-electron chi connectivity index (χ3n) is 8.24. The summed E-state index contributed by atoms with van der Waals surface area (Å²) in [5.41, 5.74) is 0. The van der Waals surface area contributed by atoms with E-state index in [0.717, 1.165) is 25.7 Å². The predicted molar refractivity (Wildman–Crippen MR) is 177 cm³/mol. The van der Waals surface area contributed by atoms with E-state index < -0.39 is 5.97 Å². The third-order valence-corrected chi connectivity index (χ3v) is 8.24. The molecule has 0 fully saturated rings. The summed E-state index contributed by atoms with van der Waals surface area (Å²) in [6.07, 6.45) is 39.4. The van der Waals surface area contributed by atoms with Crippen LogP contribution in [0.3, 0.4) is 0 Å². The lowest BCUT2D eigenvalue weighted by Gasteiger charge is -2.18. The molecule has 0 aliphatic rings. The Balaban J connectivity index is 3.78. The van der Waals surface area contributed by atoms with Crippen molar-refractivity contribution in [3.8, 4) is 0 Å². The summed E-state index contributed by atoms with van der Waals surface area (Å²) in [5, 5.41) is 8.98. The third kappa shape index (κ3) is 33.1. The van der Waals surface area contributed by atoms with E-state index in [9.17, 15) is 9.59 Å². The van der Waals surface area contributed by atoms with Crippen LogP contribution in [0.2, 0.25) is 0 Å². The maximum absolute atomic E-state index is 12.4. The number of allylic oxidation sites excluding steroid dienone is 2. The van der Waals surface area contributed by atoms with Gasteiger partial charge in [0.05, 0.1) is 0 Å². The lowest BCUT2D eigenvalue weighted by atomic mass is 10.0. The molecule has 0 radical (unpaired) electrons. The van der Waals surface area contributed by atoms with Gasteiger partial charge in [-0.2, -0.15) is 0 Å². The molecule has 41 heavy (non-hydrogen) atoms. The number of unbranched alkanes of at least 4 members (excludes halogenated alkanes) is 22. The highest BCUT2D eigenvalue weighted by atomic mass is 16.5. The summed E-state index contributed by atoms with van der Waals surface area (Å²) in [5.74, 6) is -0.862. The quantitative estimate of drug-likeness (QED) is 0.0478. The first-order valence-corrected chi connectivity index (χ1v) is 18.2. The van der Waals surface area contributed by atoms with Crippen LogP contribution in [-0.2, 0) is 14.3 Å². The van der Waals surface area contributed by atoms with E-state index in [2.05, 4.69) is 26.0 Å². The molecule has 0 aliphatic carbocycles. The SMILES string of the molecule is CCCCCCCC/C=C\CCCCCCCCCC(=O)OC(CCCCCCCCCCCC)CCCC(=O)O. The second-order valence-corrected chi connectivity index (χ2v) is 12.4. The average Bonchev–Trinajstić information content (AvgIpc) is 2.95. The smallest absolute Gasteiger partial charge is 0.306 e. The van der Waals surface area contributed by atoms with E-state index in [1.807, 2.05) is 0 Å². The Kier molecular flexibility index (Phi) is 32.1. The molecule has 1 N–H and O–H groups in total. The van der Waals surface area contributed by atoms with Crippen molar-refractivity contribution in [2.75, 3.05) is 0 Å². The van der Waals surface area contributed by atoms with Crippen LogP contribution in [0.1, 0.15) is 206 Å². The molecule has 0 aromatic rings. The summed E-state index contributed by atoms with van der Waals surface area (Å²) in [6.45, 7) is 4.53. The first kappa shape index (κ1) is 39.7. The Morgan fingerprint density at radius 2 is 0.902 bits per heavy atom. The summed E-state index contributed by atoms with van der Waals surface area (Å²) >= 11 is 0. The Labute approximate surface area is 255 Å². The molecule has 0 aliphatic heterocycles. The predicted octanol–water partition coefficient (Wildman–Crippen LogP) is 12.3. The monoisotopic (exact) mass is 579 g/mol. The number of esters is 1. The Bertz CT molecular complexity index is 585. The van der Waals surface area contributed by atoms with E-state index in [4.69, 9.17) is 9.84 Å². The summed E-state index contributed by atoms with van der Waals surface area (Å²) in [4.78, 5) is 23.4. The minimum atomic E-state index is -0.769. The van der Waals surface area contributed by atoms with Crippen LogP contribution in [0.15, 0.2) is 12.2 Å². The molecule has 0 heterocycles. The standard InChI is InChI=1S/C37H70O4/c1-3-5-7-9-11-13-15-16-17-18-19-20-21-23-25-27-29-34-37(40)41-35(32-30-33-36(38)39)31-28-26-24-22-14-12-10-8-6-4-2/h16-17,35H,3-15,18-34H2,1-2H3,(H,38,39)/b17-16-. The van der Waals surface area contributed by atoms with Gasteiger partial charge in [-0.05, 0) is 57.8 Å². The average molecular weight is 579 g/mol. The highest BCUT2D eigenvalue weighted by Crippen LogP contribution is 2.18. The molecular formula is C37H70O4. The number of rotatable bonds is 33. The molecule has 0 saturated carbocycles. The molecule has 0 amide bonds. The maximum atomic E-state index is 12.4. The van der Waals surface area contributed by atoms with Crippen molar-refractivity contribution < 1.29 is 19.4 Å². The molecule has 0 bridgehead atoms. The molecule has 0 rings (SSSR count). The first-order valence-electron chi connectivity index (χ1n) is 18.2. The summed E-state index contributed by atoms with van der Waals surface area (Å²) in [7, 11) is 0. The fourth-order valence-corrected chi connectivity index (χ4v) is 5.54. The summed E-state index contributed by atoms with van der Waals surface area (Å²) in [6, 6.07) is 0. The minimum Gasteiger partial charge on any atom is -0.481 e. The number of hydrogen-bond acceptors (Lipinski definition) is 3. The molecular weight excluding hydrogens is 508 g/mol. The molecule has 1 atom stereocenters. The van der Waals surface area contributed by atoms with Crippen molar-refractivity contribution in [3.05, 3.63) is 12.2 Å². The van der Waals surface area contributed by atoms with Gasteiger partial charge in [0.2, 0.25) is 0 Å². The van der Waals surface area contributed by atoms with Crippen LogP contribution < -0.4 is 0 Å². The van der Waals surface area contributed by atoms with Gasteiger partial charge in [0.1, 0.15) is 6.10 Å². The normalized spacial score (nSPS) is 12.2. The van der Waals surface area contributed by atoms with E-state index in [1.165, 1.54) is 141 Å². The molecule has 0 saturated heterocycles. The number of hydrogen-bond donors (Lipinski definition) is 1. The number of ether oxygens (including phenoxy) is 1. The largest absolute Gasteiger partial charge is 0.481 e. The molecule has 4 heteroatoms. The first-order chi connectivity index (χ1) is 20.1. The highest BCUT2D eigenvalue weighted by molar-refractivity contribution is 5.69. The topological polar surface area (TPSA) is 63.6 Å². The van der Waals surface area contributed by atoms with Gasteiger partial charge >= 0.3 is 11.9 Å². The van der Waals surface area contributed by atoms with Crippen molar-refractivity contribution >= 4 is 11.9 Å². The highest BCUT2D eigenvalue weighted by Gasteiger charge is 2.15. The van der Waals surface area contributed by atoms with Gasteiger partial charge in [0, 0.05) is 12.8 Å². The number of carbonyl (C=O) groups is 2. The second-order valence-electron chi connectivity index (χ2n) is 12.4. The zero-order valence-corrected chi connectivity index (χ0v) is 27.6. The summed E-state index contributed by atoms with van der Waals surface area (Å²) < 4.78 is 5.81. The van der Waals surface area contributed by atoms with E-state index in [-0.39, 0.29) is 18.5 Å². The Morgan fingerprint density at radius 3 is 1.37 bits per heavy atom. The Morgan fingerprint density at radius 1 is 0.512 bits per heavy atom. The molecule has 4 nitrogen and oxygen atoms in total. The second kappa shape index (κ2) is 33.2. The Hall–Kier alpha value is -1.32. The van der Waals surface area contributed by atoms with E-state index in [1.54, 1.807) is 0 Å². The van der Waals surface area contributed by atoms with Crippen LogP contribution in [0.5, 0.6) is 0 Å². The molecule has 242 valence electrons. The van der Waals surface area contributed by atoms with Crippen molar-refractivity contribution in [1.82, 2.24) is 0 Å². The van der Waals surface area contributed by atoms with Crippen LogP contribution in [-0.4, -0.2) is 23.1 Å². The number of carboxylic acids is 1. The zero-order chi connectivity index (χ0) is 30.1. The van der Waals surface area contributed by atoms with Crippen molar-refractivity contribution in [3.63, 3.8) is 0 Å². The molecule has 0 aromatic heterocycles. The molecule has 1 unspecified atom stereocenters. The van der Waals surface area contributed by atoms with Crippen LogP contribution in [0, 0.1) is 0 Å². The number of aliphatic carboxylic acids is 1. The van der Waals surface area contributed by atoms with Gasteiger partial charge in [-0.3, -0.25) is 9.59 Å². The lowest BCUT2D eigenvalue weighted by molar-refractivity contribution is -0.150. The van der Waals surface area contributed by atoms with Crippen molar-refractivity contribution in [2.45, 2.75) is 213 Å². The van der Waals surface area contributed by atoms with Gasteiger partial charge in [0.25, 0.3) is 0 Å². The minimum absolute atomic E-state index is 0.0925. The van der Waals surface area contributed by atoms with Gasteiger partial charge in [-0.15, -0.1) is 0 Å². The van der Waals surface area contributed by atoms with Crippen LogP contribution in [0.25, 0.3) is 0 Å². The lowest BCUT2D eigenvalue weighted by Crippen LogP contribution is -2.18. The van der Waals surface area contributed by atoms with Crippen molar-refractivity contribution in [1.29, 1.82) is 0 Å². The number of carbonyl (C=O) groups excluding carboxylic acids is 1. The van der Waals surface area contributed by atoms with Gasteiger partial charge in [-0.1, -0.05) is 148 Å². The molecule has 0 aromatic carbocycles. The van der Waals surface area contributed by atoms with Crippen LogP contribution >= 0.6 is 0 Å². The van der Waals surface area contributed by atoms with Gasteiger partial charge in [0.15, 0.2) is 0 Å². The maximum Gasteiger partial charge on any atom is 0.306 e.